The van der Waals surface area contributed by atoms with Crippen LogP contribution >= 0.6 is 0 Å². The second-order valence-corrected chi connectivity index (χ2v) is 15.8. The fourth-order valence-electron chi connectivity index (χ4n) is 8.49. The molecule has 0 aromatic rings. The van der Waals surface area contributed by atoms with E-state index in [9.17, 15) is 19.5 Å². The highest BCUT2D eigenvalue weighted by molar-refractivity contribution is 6.00. The van der Waals surface area contributed by atoms with Crippen LogP contribution in [0.4, 0.5) is 0 Å². The number of Topliss-reactive ketones (excluding diaryl/α,β-unsaturated/α-hetero) is 1. The van der Waals surface area contributed by atoms with Gasteiger partial charge in [-0.25, -0.2) is 0 Å². The van der Waals surface area contributed by atoms with Gasteiger partial charge in [-0.05, 0) is 99.9 Å². The van der Waals surface area contributed by atoms with Gasteiger partial charge in [0.1, 0.15) is 18.1 Å². The molecule has 4 rings (SSSR count). The summed E-state index contributed by atoms with van der Waals surface area (Å²) in [7, 11) is 5.50. The molecule has 0 spiro atoms. The molecule has 4 saturated heterocycles. The van der Waals surface area contributed by atoms with Gasteiger partial charge in [-0.1, -0.05) is 20.3 Å². The minimum absolute atomic E-state index is 0.0616. The van der Waals surface area contributed by atoms with Crippen LogP contribution in [-0.2, 0) is 38.1 Å². The van der Waals surface area contributed by atoms with Crippen molar-refractivity contribution in [2.24, 2.45) is 23.7 Å². The van der Waals surface area contributed by atoms with E-state index in [0.717, 1.165) is 32.5 Å². The standard InChI is InChI=1S/C36H63N3O9/c1-21-18-35(6,44-10)32(47-34-31(42)28(38(8)9)16-26(46-34)20-39-14-12-11-13-15-39)22(2)30(41)23(3)33(43)45-25(5)36(7)27(17-29(40)48-36)24(4)37-19-21/h21-28,31-32,34,37,42H,11-20H2,1-10H3/t21-,22+,23?,24-,25-,26?,27-,28?,31?,32-,34?,35-,36-/m1/s1. The summed E-state index contributed by atoms with van der Waals surface area (Å²) in [4.78, 5) is 44.7. The van der Waals surface area contributed by atoms with Crippen molar-refractivity contribution in [2.75, 3.05) is 47.4 Å². The zero-order valence-electron chi connectivity index (χ0n) is 31.0. The summed E-state index contributed by atoms with van der Waals surface area (Å²) in [6.07, 6.45) is 1.15. The first-order chi connectivity index (χ1) is 22.5. The second-order valence-electron chi connectivity index (χ2n) is 15.8. The van der Waals surface area contributed by atoms with Crippen LogP contribution < -0.4 is 5.32 Å². The molecule has 12 heteroatoms. The Hall–Kier alpha value is -1.67. The predicted molar refractivity (Wildman–Crippen MR) is 180 cm³/mol. The Bertz CT molecular complexity index is 1120. The smallest absolute Gasteiger partial charge is 0.316 e. The maximum Gasteiger partial charge on any atom is 0.316 e. The number of rotatable bonds is 6. The first-order valence-electron chi connectivity index (χ1n) is 18.1. The highest BCUT2D eigenvalue weighted by atomic mass is 16.7. The quantitative estimate of drug-likeness (QED) is 0.315. The minimum Gasteiger partial charge on any atom is -0.458 e. The zero-order valence-corrected chi connectivity index (χ0v) is 31.0. The molecule has 2 N–H and O–H groups in total. The van der Waals surface area contributed by atoms with Crippen LogP contribution in [-0.4, -0.2) is 134 Å². The molecule has 276 valence electrons. The SMILES string of the molecule is CO[C@]1(C)C[C@@H](C)CN[C@H](C)[C@H]2CC(=O)O[C@]2(C)[C@@H](C)OC(=O)C(C)C(=O)[C@H](C)[C@H]1OC1OC(CN2CCCCC2)CC(N(C)C)C1O. The normalized spacial score (nSPS) is 44.4. The number of esters is 2. The molecular weight excluding hydrogens is 618 g/mol. The van der Waals surface area contributed by atoms with E-state index in [2.05, 4.69) is 17.1 Å². The molecule has 0 aromatic heterocycles. The van der Waals surface area contributed by atoms with Crippen molar-refractivity contribution in [1.29, 1.82) is 0 Å². The van der Waals surface area contributed by atoms with Gasteiger partial charge in [0.25, 0.3) is 0 Å². The Balaban J connectivity index is 1.65. The number of piperidine rings is 1. The number of nitrogens with one attached hydrogen (secondary N) is 1. The summed E-state index contributed by atoms with van der Waals surface area (Å²) < 4.78 is 31.2. The van der Waals surface area contributed by atoms with Gasteiger partial charge in [-0.3, -0.25) is 14.4 Å². The number of nitrogens with zero attached hydrogens (tertiary/aromatic N) is 2. The molecule has 0 aromatic carbocycles. The van der Waals surface area contributed by atoms with Gasteiger partial charge in [0, 0.05) is 37.6 Å². The van der Waals surface area contributed by atoms with Crippen LogP contribution in [0, 0.1) is 23.7 Å². The fraction of sp³-hybridized carbons (Fsp3) is 0.917. The number of fused-ring (bicyclic) bond motifs is 1. The lowest BCUT2D eigenvalue weighted by Gasteiger charge is -2.47. The van der Waals surface area contributed by atoms with Crippen LogP contribution in [0.2, 0.25) is 0 Å². The van der Waals surface area contributed by atoms with Crippen molar-refractivity contribution in [3.05, 3.63) is 0 Å². The summed E-state index contributed by atoms with van der Waals surface area (Å²) in [5.41, 5.74) is -2.04. The van der Waals surface area contributed by atoms with E-state index in [1.807, 2.05) is 32.8 Å². The summed E-state index contributed by atoms with van der Waals surface area (Å²) in [5, 5.41) is 15.2. The largest absolute Gasteiger partial charge is 0.458 e. The minimum atomic E-state index is -1.12. The van der Waals surface area contributed by atoms with Crippen molar-refractivity contribution in [3.63, 3.8) is 0 Å². The number of aliphatic hydroxyl groups is 1. The van der Waals surface area contributed by atoms with E-state index in [1.54, 1.807) is 34.8 Å². The van der Waals surface area contributed by atoms with Crippen LogP contribution in [0.25, 0.3) is 0 Å². The number of ether oxygens (including phenoxy) is 5. The number of carbonyl (C=O) groups is 3. The van der Waals surface area contributed by atoms with Gasteiger partial charge in [0.2, 0.25) is 0 Å². The second kappa shape index (κ2) is 16.1. The molecule has 4 aliphatic rings. The monoisotopic (exact) mass is 681 g/mol. The molecule has 0 saturated carbocycles. The number of carbonyl (C=O) groups excluding carboxylic acids is 3. The molecule has 4 fully saturated rings. The summed E-state index contributed by atoms with van der Waals surface area (Å²) in [6, 6.07) is -0.338. The number of hydrogen-bond donors (Lipinski definition) is 2. The average Bonchev–Trinajstić information content (AvgIpc) is 3.37. The Morgan fingerprint density at radius 3 is 2.33 bits per heavy atom. The first-order valence-corrected chi connectivity index (χ1v) is 18.1. The van der Waals surface area contributed by atoms with Gasteiger partial charge in [0.05, 0.1) is 24.2 Å². The number of likely N-dealkylation sites (N-methyl/N-ethyl adjacent to an activating group) is 1. The third-order valence-electron chi connectivity index (χ3n) is 11.8. The molecule has 4 heterocycles. The molecule has 12 nitrogen and oxygen atoms in total. The Morgan fingerprint density at radius 2 is 1.71 bits per heavy atom. The van der Waals surface area contributed by atoms with Crippen LogP contribution in [0.15, 0.2) is 0 Å². The van der Waals surface area contributed by atoms with Crippen molar-refractivity contribution in [1.82, 2.24) is 15.1 Å². The van der Waals surface area contributed by atoms with Crippen LogP contribution in [0.3, 0.4) is 0 Å². The average molecular weight is 682 g/mol. The highest BCUT2D eigenvalue weighted by Crippen LogP contribution is 2.41. The Morgan fingerprint density at radius 1 is 1.04 bits per heavy atom. The first kappa shape index (κ1) is 39.1. The van der Waals surface area contributed by atoms with Gasteiger partial charge in [0.15, 0.2) is 17.7 Å². The van der Waals surface area contributed by atoms with E-state index in [0.29, 0.717) is 19.4 Å². The van der Waals surface area contributed by atoms with Gasteiger partial charge in [-0.15, -0.1) is 0 Å². The molecule has 48 heavy (non-hydrogen) atoms. The lowest BCUT2D eigenvalue weighted by molar-refractivity contribution is -0.299. The lowest BCUT2D eigenvalue weighted by atomic mass is 9.78. The molecule has 0 amide bonds. The van der Waals surface area contributed by atoms with Gasteiger partial charge >= 0.3 is 11.9 Å². The predicted octanol–water partition coefficient (Wildman–Crippen LogP) is 2.78. The number of hydrogen-bond acceptors (Lipinski definition) is 12. The van der Waals surface area contributed by atoms with E-state index in [-0.39, 0.29) is 48.2 Å². The highest BCUT2D eigenvalue weighted by Gasteiger charge is 2.54. The van der Waals surface area contributed by atoms with Crippen molar-refractivity contribution >= 4 is 17.7 Å². The van der Waals surface area contributed by atoms with E-state index in [4.69, 9.17) is 23.7 Å². The fourth-order valence-corrected chi connectivity index (χ4v) is 8.49. The number of methoxy groups -OCH3 is 1. The maximum absolute atomic E-state index is 14.2. The van der Waals surface area contributed by atoms with Crippen molar-refractivity contribution in [3.8, 4) is 0 Å². The van der Waals surface area contributed by atoms with E-state index < -0.39 is 53.6 Å². The molecule has 0 aliphatic carbocycles. The number of cyclic esters (lactones) is 1. The van der Waals surface area contributed by atoms with Crippen molar-refractivity contribution < 1.29 is 43.2 Å². The molecule has 0 radical (unpaired) electrons. The topological polar surface area (TPSA) is 136 Å². The number of aliphatic hydroxyl groups excluding tert-OH is 1. The molecule has 4 aliphatic heterocycles. The van der Waals surface area contributed by atoms with Crippen LogP contribution in [0.5, 0.6) is 0 Å². The molecule has 13 atom stereocenters. The third kappa shape index (κ3) is 8.61. The zero-order chi connectivity index (χ0) is 35.6. The van der Waals surface area contributed by atoms with Crippen LogP contribution in [0.1, 0.15) is 87.0 Å². The van der Waals surface area contributed by atoms with E-state index >= 15 is 0 Å². The van der Waals surface area contributed by atoms with Gasteiger partial charge < -0.3 is 43.9 Å². The van der Waals surface area contributed by atoms with Crippen molar-refractivity contribution in [2.45, 2.75) is 141 Å². The summed E-state index contributed by atoms with van der Waals surface area (Å²) in [6.45, 7) is 16.3. The Labute approximate surface area is 287 Å². The number of ketones is 1. The number of likely N-dealkylation sites (tertiary alicyclic amines) is 1. The summed E-state index contributed by atoms with van der Waals surface area (Å²) in [5.74, 6) is -3.50. The maximum atomic E-state index is 14.2. The lowest BCUT2D eigenvalue weighted by Crippen LogP contribution is -2.60. The molecule has 0 bridgehead atoms. The molecular formula is C36H63N3O9. The summed E-state index contributed by atoms with van der Waals surface area (Å²) >= 11 is 0. The van der Waals surface area contributed by atoms with Gasteiger partial charge in [-0.2, -0.15) is 0 Å². The molecule has 5 unspecified atom stereocenters. The Kier molecular flexibility index (Phi) is 13.1. The third-order valence-corrected chi connectivity index (χ3v) is 11.8. The van der Waals surface area contributed by atoms with E-state index in [1.165, 1.54) is 6.42 Å².